The van der Waals surface area contributed by atoms with Crippen molar-refractivity contribution in [2.45, 2.75) is 57.4 Å². The minimum absolute atomic E-state index is 0.0506. The summed E-state index contributed by atoms with van der Waals surface area (Å²) in [5, 5.41) is 3.19. The summed E-state index contributed by atoms with van der Waals surface area (Å²) < 4.78 is 0. The van der Waals surface area contributed by atoms with Crippen molar-refractivity contribution in [2.24, 2.45) is 0 Å². The van der Waals surface area contributed by atoms with Crippen LogP contribution in [0.4, 0.5) is 5.69 Å². The van der Waals surface area contributed by atoms with Gasteiger partial charge in [-0.2, -0.15) is 0 Å². The molecule has 1 aromatic carbocycles. The zero-order valence-corrected chi connectivity index (χ0v) is 13.9. The first-order chi connectivity index (χ1) is 10.5. The molecule has 1 heterocycles. The molecule has 22 heavy (non-hydrogen) atoms. The van der Waals surface area contributed by atoms with Gasteiger partial charge in [-0.25, -0.2) is 0 Å². The summed E-state index contributed by atoms with van der Waals surface area (Å²) in [6, 6.07) is 8.76. The Bertz CT molecular complexity index is 597. The molecule has 3 nitrogen and oxygen atoms in total. The maximum Gasteiger partial charge on any atom is 0.245 e. The van der Waals surface area contributed by atoms with E-state index in [9.17, 15) is 4.79 Å². The van der Waals surface area contributed by atoms with Crippen molar-refractivity contribution >= 4 is 11.6 Å². The van der Waals surface area contributed by atoms with Crippen molar-refractivity contribution in [1.82, 2.24) is 5.32 Å². The minimum atomic E-state index is -0.130. The van der Waals surface area contributed by atoms with Gasteiger partial charge in [0.1, 0.15) is 0 Å². The van der Waals surface area contributed by atoms with Gasteiger partial charge in [0, 0.05) is 36.0 Å². The predicted octanol–water partition coefficient (Wildman–Crippen LogP) is 3.75. The third kappa shape index (κ3) is 2.65. The number of carbonyl (C=O) groups excluding carboxylic acids is 1. The molecule has 0 saturated heterocycles. The van der Waals surface area contributed by atoms with E-state index in [1.54, 1.807) is 6.08 Å². The standard InChI is InChI=1S/C19H26N2O/c1-19(2)15-11-7-8-12-16(15)21(3)17(19)13-18(22)20-14-9-5-4-6-10-14/h7-8,11-14H,4-6,9-10H2,1-3H3,(H,20,22). The lowest BCUT2D eigenvalue weighted by atomic mass is 9.83. The van der Waals surface area contributed by atoms with Crippen LogP contribution >= 0.6 is 0 Å². The number of amides is 1. The molecule has 0 radical (unpaired) electrons. The molecule has 1 aliphatic heterocycles. The molecule has 118 valence electrons. The summed E-state index contributed by atoms with van der Waals surface area (Å²) in [4.78, 5) is 14.6. The van der Waals surface area contributed by atoms with Crippen LogP contribution < -0.4 is 10.2 Å². The molecule has 1 aromatic rings. The fourth-order valence-electron chi connectivity index (χ4n) is 3.87. The number of allylic oxidation sites excluding steroid dienone is 1. The van der Waals surface area contributed by atoms with E-state index in [0.29, 0.717) is 6.04 Å². The topological polar surface area (TPSA) is 32.3 Å². The molecule has 2 aliphatic rings. The van der Waals surface area contributed by atoms with Gasteiger partial charge in [0.05, 0.1) is 0 Å². The average molecular weight is 298 g/mol. The van der Waals surface area contributed by atoms with Crippen molar-refractivity contribution in [3.63, 3.8) is 0 Å². The maximum absolute atomic E-state index is 12.4. The van der Waals surface area contributed by atoms with Gasteiger partial charge in [0.2, 0.25) is 5.91 Å². The van der Waals surface area contributed by atoms with Crippen LogP contribution in [0, 0.1) is 0 Å². The quantitative estimate of drug-likeness (QED) is 0.843. The second kappa shape index (κ2) is 5.79. The highest BCUT2D eigenvalue weighted by molar-refractivity contribution is 5.90. The number of para-hydroxylation sites is 1. The van der Waals surface area contributed by atoms with Crippen LogP contribution in [0.2, 0.25) is 0 Å². The van der Waals surface area contributed by atoms with E-state index in [1.807, 2.05) is 7.05 Å². The number of rotatable bonds is 2. The first-order valence-corrected chi connectivity index (χ1v) is 8.36. The number of nitrogens with zero attached hydrogens (tertiary/aromatic N) is 1. The Morgan fingerprint density at radius 1 is 1.23 bits per heavy atom. The number of hydrogen-bond donors (Lipinski definition) is 1. The summed E-state index contributed by atoms with van der Waals surface area (Å²) in [5.41, 5.74) is 3.43. The van der Waals surface area contributed by atoms with E-state index in [0.717, 1.165) is 18.5 Å². The second-order valence-corrected chi connectivity index (χ2v) is 7.07. The van der Waals surface area contributed by atoms with Gasteiger partial charge in [-0.05, 0) is 24.5 Å². The molecule has 0 aromatic heterocycles. The Hall–Kier alpha value is -1.77. The molecule has 3 heteroatoms. The number of carbonyl (C=O) groups is 1. The third-order valence-corrected chi connectivity index (χ3v) is 5.16. The second-order valence-electron chi connectivity index (χ2n) is 7.07. The Balaban J connectivity index is 1.80. The van der Waals surface area contributed by atoms with E-state index >= 15 is 0 Å². The average Bonchev–Trinajstić information content (AvgIpc) is 2.70. The van der Waals surface area contributed by atoms with Gasteiger partial charge < -0.3 is 10.2 Å². The maximum atomic E-state index is 12.4. The molecular weight excluding hydrogens is 272 g/mol. The van der Waals surface area contributed by atoms with Gasteiger partial charge in [-0.1, -0.05) is 51.3 Å². The van der Waals surface area contributed by atoms with Gasteiger partial charge >= 0.3 is 0 Å². The number of fused-ring (bicyclic) bond motifs is 1. The zero-order valence-electron chi connectivity index (χ0n) is 13.9. The van der Waals surface area contributed by atoms with E-state index < -0.39 is 0 Å². The Kier molecular flexibility index (Phi) is 3.98. The third-order valence-electron chi connectivity index (χ3n) is 5.16. The van der Waals surface area contributed by atoms with E-state index in [4.69, 9.17) is 0 Å². The number of nitrogens with one attached hydrogen (secondary N) is 1. The first-order valence-electron chi connectivity index (χ1n) is 8.36. The zero-order chi connectivity index (χ0) is 15.7. The summed E-state index contributed by atoms with van der Waals surface area (Å²) in [6.07, 6.45) is 7.81. The molecule has 1 saturated carbocycles. The molecule has 1 amide bonds. The number of benzene rings is 1. The van der Waals surface area contributed by atoms with Crippen LogP contribution in [0.1, 0.15) is 51.5 Å². The van der Waals surface area contributed by atoms with Crippen LogP contribution in [0.5, 0.6) is 0 Å². The summed E-state index contributed by atoms with van der Waals surface area (Å²) in [6.45, 7) is 4.38. The molecule has 1 fully saturated rings. The first kappa shape index (κ1) is 15.1. The van der Waals surface area contributed by atoms with Crippen molar-refractivity contribution in [1.29, 1.82) is 0 Å². The summed E-state index contributed by atoms with van der Waals surface area (Å²) >= 11 is 0. The van der Waals surface area contributed by atoms with Crippen LogP contribution in [0.15, 0.2) is 36.0 Å². The van der Waals surface area contributed by atoms with Crippen molar-refractivity contribution in [2.75, 3.05) is 11.9 Å². The highest BCUT2D eigenvalue weighted by atomic mass is 16.1. The van der Waals surface area contributed by atoms with Crippen LogP contribution in [0.3, 0.4) is 0 Å². The van der Waals surface area contributed by atoms with Crippen molar-refractivity contribution < 1.29 is 4.79 Å². The predicted molar refractivity (Wildman–Crippen MR) is 91.0 cm³/mol. The van der Waals surface area contributed by atoms with Gasteiger partial charge in [0.15, 0.2) is 0 Å². The van der Waals surface area contributed by atoms with Gasteiger partial charge in [-0.3, -0.25) is 4.79 Å². The van der Waals surface area contributed by atoms with Crippen LogP contribution in [-0.4, -0.2) is 19.0 Å². The summed E-state index contributed by atoms with van der Waals surface area (Å²) in [7, 11) is 2.05. The van der Waals surface area contributed by atoms with Crippen molar-refractivity contribution in [3.05, 3.63) is 41.6 Å². The lowest BCUT2D eigenvalue weighted by Gasteiger charge is -2.25. The van der Waals surface area contributed by atoms with Crippen LogP contribution in [-0.2, 0) is 10.2 Å². The van der Waals surface area contributed by atoms with E-state index in [1.165, 1.54) is 30.5 Å². The number of likely N-dealkylation sites (N-methyl/N-ethyl adjacent to an activating group) is 1. The lowest BCUT2D eigenvalue weighted by Crippen LogP contribution is -2.36. The van der Waals surface area contributed by atoms with E-state index in [2.05, 4.69) is 48.3 Å². The molecule has 0 bridgehead atoms. The van der Waals surface area contributed by atoms with Crippen molar-refractivity contribution in [3.8, 4) is 0 Å². The fourth-order valence-corrected chi connectivity index (χ4v) is 3.87. The molecule has 0 spiro atoms. The monoisotopic (exact) mass is 298 g/mol. The summed E-state index contributed by atoms with van der Waals surface area (Å²) in [5.74, 6) is 0.0506. The molecule has 0 atom stereocenters. The Morgan fingerprint density at radius 2 is 1.91 bits per heavy atom. The van der Waals surface area contributed by atoms with Gasteiger partial charge in [-0.15, -0.1) is 0 Å². The van der Waals surface area contributed by atoms with E-state index in [-0.39, 0.29) is 11.3 Å². The minimum Gasteiger partial charge on any atom is -0.350 e. The fraction of sp³-hybridized carbons (Fsp3) is 0.526. The Labute approximate surface area is 133 Å². The molecule has 3 rings (SSSR count). The number of hydrogen-bond acceptors (Lipinski definition) is 2. The number of anilines is 1. The highest BCUT2D eigenvalue weighted by Gasteiger charge is 2.38. The SMILES string of the molecule is CN1C(=CC(=O)NC2CCCCC2)C(C)(C)c2ccccc21. The largest absolute Gasteiger partial charge is 0.350 e. The molecule has 1 aliphatic carbocycles. The Morgan fingerprint density at radius 3 is 2.59 bits per heavy atom. The van der Waals surface area contributed by atoms with Crippen LogP contribution in [0.25, 0.3) is 0 Å². The highest BCUT2D eigenvalue weighted by Crippen LogP contribution is 2.46. The normalized spacial score (nSPS) is 22.7. The smallest absolute Gasteiger partial charge is 0.245 e. The molecule has 0 unspecified atom stereocenters. The lowest BCUT2D eigenvalue weighted by molar-refractivity contribution is -0.117. The van der Waals surface area contributed by atoms with Gasteiger partial charge in [0.25, 0.3) is 0 Å². The molecular formula is C19H26N2O. The molecule has 1 N–H and O–H groups in total.